The van der Waals surface area contributed by atoms with Crippen LogP contribution in [0.2, 0.25) is 0 Å². The average Bonchev–Trinajstić information content (AvgIpc) is 3.23. The van der Waals surface area contributed by atoms with Gasteiger partial charge in [0.2, 0.25) is 47.3 Å². The first-order valence-electron chi connectivity index (χ1n) is 21.7. The van der Waals surface area contributed by atoms with Gasteiger partial charge in [-0.3, -0.25) is 43.2 Å². The number of aliphatic carboxylic acids is 2. The number of benzene rings is 2. The van der Waals surface area contributed by atoms with E-state index in [9.17, 15) is 58.2 Å². The lowest BCUT2D eigenvalue weighted by molar-refractivity contribution is -0.143. The van der Waals surface area contributed by atoms with E-state index in [0.29, 0.717) is 11.1 Å². The molecule has 0 saturated carbocycles. The summed E-state index contributed by atoms with van der Waals surface area (Å²) in [6, 6.07) is 4.98. The third kappa shape index (κ3) is 20.4. The van der Waals surface area contributed by atoms with E-state index in [-0.39, 0.29) is 37.5 Å². The SMILES string of the molecule is CC(C)C[C@H](NC(=O)[C@H](CC(C)C)NC(=O)[C@H](Cc1ccccc1)NC(=O)[C@@H](NC(=O)[C@H](CC(N)=O)NC(=O)[C@H](C)NC(=O)[C@H](Cc1ccccc1)NC(=O)[C@@H](N)CC(=O)O)[C@@H](C)O)C(=O)O. The fraction of sp³-hybridized carbons (Fsp3) is 0.511. The van der Waals surface area contributed by atoms with Gasteiger partial charge < -0.3 is 64.0 Å². The molecule has 2 rings (SSSR count). The summed E-state index contributed by atoms with van der Waals surface area (Å²) in [7, 11) is 0. The number of aliphatic hydroxyl groups excluding tert-OH is 1. The van der Waals surface area contributed by atoms with Crippen molar-refractivity contribution in [2.24, 2.45) is 23.3 Å². The zero-order chi connectivity index (χ0) is 50.5. The third-order valence-electron chi connectivity index (χ3n) is 10.1. The van der Waals surface area contributed by atoms with Crippen LogP contribution in [-0.2, 0) is 60.8 Å². The van der Waals surface area contributed by atoms with Crippen LogP contribution in [0.15, 0.2) is 60.7 Å². The summed E-state index contributed by atoms with van der Waals surface area (Å²) in [4.78, 5) is 130. The standard InChI is InChI=1S/C45H65N9O13/c1-23(2)17-30(41(62)53-34(45(66)67)18-24(3)4)51-42(63)32(20-28-15-11-8-12-16-28)52-44(65)37(26(6)55)54-43(64)33(22-35(47)56)49-38(59)25(5)48-40(61)31(19-27-13-9-7-10-14-27)50-39(60)29(46)21-36(57)58/h7-16,23-26,29-34,37,55H,17-22,46H2,1-6H3,(H2,47,56)(H,48,61)(H,49,59)(H,50,60)(H,51,63)(H,52,65)(H,53,62)(H,54,64)(H,57,58)(H,66,67)/t25-,26+,29-,30-,31-,32-,33-,34-,37-/m0/s1. The molecule has 0 aliphatic heterocycles. The number of carbonyl (C=O) groups is 10. The number of carbonyl (C=O) groups excluding carboxylic acids is 8. The molecule has 22 nitrogen and oxygen atoms in total. The van der Waals surface area contributed by atoms with E-state index >= 15 is 0 Å². The topological polar surface area (TPSA) is 368 Å². The molecular weight excluding hydrogens is 875 g/mol. The Labute approximate surface area is 388 Å². The van der Waals surface area contributed by atoms with Gasteiger partial charge in [0.15, 0.2) is 0 Å². The van der Waals surface area contributed by atoms with E-state index in [1.54, 1.807) is 88.4 Å². The van der Waals surface area contributed by atoms with Crippen LogP contribution in [0.5, 0.6) is 0 Å². The Morgan fingerprint density at radius 3 is 1.34 bits per heavy atom. The van der Waals surface area contributed by atoms with Crippen molar-refractivity contribution < 1.29 is 63.3 Å². The van der Waals surface area contributed by atoms with Crippen molar-refractivity contribution in [1.82, 2.24) is 37.2 Å². The molecule has 2 aromatic carbocycles. The van der Waals surface area contributed by atoms with E-state index in [2.05, 4.69) is 37.2 Å². The van der Waals surface area contributed by atoms with Gasteiger partial charge in [-0.1, -0.05) is 88.4 Å². The van der Waals surface area contributed by atoms with Gasteiger partial charge in [0.25, 0.3) is 0 Å². The Morgan fingerprint density at radius 2 is 0.896 bits per heavy atom. The van der Waals surface area contributed by atoms with Crippen LogP contribution in [-0.4, -0.2) is 129 Å². The maximum atomic E-state index is 14.0. The number of carboxylic acids is 2. The van der Waals surface area contributed by atoms with Gasteiger partial charge in [-0.05, 0) is 49.7 Å². The number of nitrogens with two attached hydrogens (primary N) is 2. The summed E-state index contributed by atoms with van der Waals surface area (Å²) in [5.41, 5.74) is 12.2. The van der Waals surface area contributed by atoms with Crippen LogP contribution in [0.3, 0.4) is 0 Å². The lowest BCUT2D eigenvalue weighted by atomic mass is 9.99. The van der Waals surface area contributed by atoms with Gasteiger partial charge in [0, 0.05) is 12.8 Å². The van der Waals surface area contributed by atoms with Crippen molar-refractivity contribution in [3.05, 3.63) is 71.8 Å². The predicted molar refractivity (Wildman–Crippen MR) is 242 cm³/mol. The zero-order valence-electron chi connectivity index (χ0n) is 38.4. The largest absolute Gasteiger partial charge is 0.481 e. The molecule has 0 bridgehead atoms. The third-order valence-corrected chi connectivity index (χ3v) is 10.1. The fourth-order valence-corrected chi connectivity index (χ4v) is 6.63. The maximum absolute atomic E-state index is 14.0. The van der Waals surface area contributed by atoms with Crippen molar-refractivity contribution in [2.45, 2.75) is 135 Å². The summed E-state index contributed by atoms with van der Waals surface area (Å²) < 4.78 is 0. The summed E-state index contributed by atoms with van der Waals surface area (Å²) in [5.74, 6) is -10.7. The van der Waals surface area contributed by atoms with Crippen LogP contribution in [0.4, 0.5) is 0 Å². The van der Waals surface area contributed by atoms with Crippen molar-refractivity contribution in [2.75, 3.05) is 0 Å². The van der Waals surface area contributed by atoms with Gasteiger partial charge in [-0.2, -0.15) is 0 Å². The predicted octanol–water partition coefficient (Wildman–Crippen LogP) is -1.88. The first-order valence-corrected chi connectivity index (χ1v) is 21.7. The highest BCUT2D eigenvalue weighted by molar-refractivity contribution is 5.99. The highest BCUT2D eigenvalue weighted by Crippen LogP contribution is 2.12. The van der Waals surface area contributed by atoms with Crippen molar-refractivity contribution in [3.8, 4) is 0 Å². The number of rotatable bonds is 28. The van der Waals surface area contributed by atoms with Crippen LogP contribution in [0.1, 0.15) is 78.4 Å². The Hall–Kier alpha value is -6.94. The van der Waals surface area contributed by atoms with Gasteiger partial charge in [-0.15, -0.1) is 0 Å². The minimum Gasteiger partial charge on any atom is -0.481 e. The van der Waals surface area contributed by atoms with Crippen LogP contribution in [0, 0.1) is 11.8 Å². The lowest BCUT2D eigenvalue weighted by Crippen LogP contribution is -2.62. The Morgan fingerprint density at radius 1 is 0.493 bits per heavy atom. The smallest absolute Gasteiger partial charge is 0.326 e. The van der Waals surface area contributed by atoms with E-state index in [1.165, 1.54) is 6.92 Å². The fourth-order valence-electron chi connectivity index (χ4n) is 6.63. The molecular formula is C45H65N9O13. The highest BCUT2D eigenvalue weighted by atomic mass is 16.4. The molecule has 0 fully saturated rings. The molecule has 22 heteroatoms. The molecule has 368 valence electrons. The van der Waals surface area contributed by atoms with Crippen molar-refractivity contribution in [3.63, 3.8) is 0 Å². The Kier molecular flexibility index (Phi) is 23.1. The molecule has 67 heavy (non-hydrogen) atoms. The zero-order valence-corrected chi connectivity index (χ0v) is 38.4. The van der Waals surface area contributed by atoms with Crippen molar-refractivity contribution in [1.29, 1.82) is 0 Å². The second-order valence-corrected chi connectivity index (χ2v) is 17.1. The van der Waals surface area contributed by atoms with E-state index in [0.717, 1.165) is 6.92 Å². The molecule has 0 radical (unpaired) electrons. The Balaban J connectivity index is 2.33. The normalized spacial score (nSPS) is 15.1. The summed E-state index contributed by atoms with van der Waals surface area (Å²) in [5, 5.41) is 46.5. The molecule has 2 aromatic rings. The summed E-state index contributed by atoms with van der Waals surface area (Å²) in [6.45, 7) is 9.51. The molecule has 0 saturated heterocycles. The molecule has 0 heterocycles. The highest BCUT2D eigenvalue weighted by Gasteiger charge is 2.36. The summed E-state index contributed by atoms with van der Waals surface area (Å²) >= 11 is 0. The molecule has 9 atom stereocenters. The van der Waals surface area contributed by atoms with Gasteiger partial charge in [0.1, 0.15) is 42.3 Å². The molecule has 0 unspecified atom stereocenters. The number of nitrogens with one attached hydrogen (secondary N) is 7. The first kappa shape index (κ1) is 56.2. The second kappa shape index (κ2) is 27.5. The van der Waals surface area contributed by atoms with Gasteiger partial charge >= 0.3 is 11.9 Å². The van der Waals surface area contributed by atoms with E-state index < -0.39 is 126 Å². The maximum Gasteiger partial charge on any atom is 0.326 e. The number of hydrogen-bond acceptors (Lipinski definition) is 12. The van der Waals surface area contributed by atoms with E-state index in [4.69, 9.17) is 16.6 Å². The van der Waals surface area contributed by atoms with Crippen molar-refractivity contribution >= 4 is 59.2 Å². The molecule has 14 N–H and O–H groups in total. The Bertz CT molecular complexity index is 2040. The molecule has 0 spiro atoms. The molecule has 0 aromatic heterocycles. The number of amides is 8. The average molecular weight is 940 g/mol. The molecule has 0 aliphatic rings. The van der Waals surface area contributed by atoms with Gasteiger partial charge in [0.05, 0.1) is 25.0 Å². The van der Waals surface area contributed by atoms with Crippen LogP contribution < -0.4 is 48.7 Å². The minimum absolute atomic E-state index is 0.0860. The monoisotopic (exact) mass is 939 g/mol. The lowest BCUT2D eigenvalue weighted by Gasteiger charge is -2.28. The second-order valence-electron chi connectivity index (χ2n) is 17.1. The number of hydrogen-bond donors (Lipinski definition) is 12. The summed E-state index contributed by atoms with van der Waals surface area (Å²) in [6.07, 6.45) is -3.24. The first-order chi connectivity index (χ1) is 31.4. The minimum atomic E-state index is -1.82. The number of primary amides is 1. The van der Waals surface area contributed by atoms with Crippen LogP contribution >= 0.6 is 0 Å². The van der Waals surface area contributed by atoms with Crippen LogP contribution in [0.25, 0.3) is 0 Å². The van der Waals surface area contributed by atoms with E-state index in [1.807, 2.05) is 0 Å². The molecule has 0 aliphatic carbocycles. The molecule has 8 amide bonds. The number of carboxylic acid groups (broad SMARTS) is 2. The number of aliphatic hydroxyl groups is 1. The quantitative estimate of drug-likeness (QED) is 0.0445. The van der Waals surface area contributed by atoms with Gasteiger partial charge in [-0.25, -0.2) is 4.79 Å².